The van der Waals surface area contributed by atoms with Crippen molar-refractivity contribution < 1.29 is 0 Å². The molecule has 0 saturated heterocycles. The molecule has 0 saturated carbocycles. The Morgan fingerprint density at radius 1 is 0.897 bits per heavy atom. The molecule has 0 spiro atoms. The predicted octanol–water partition coefficient (Wildman–Crippen LogP) is 7.39. The molecule has 0 unspecified atom stereocenters. The van der Waals surface area contributed by atoms with Crippen molar-refractivity contribution in [3.05, 3.63) is 55.7 Å². The first kappa shape index (κ1) is 30.7. The minimum Gasteiger partial charge on any atom is -0.303 e. The molecule has 3 rings (SSSR count). The van der Waals surface area contributed by atoms with Gasteiger partial charge < -0.3 is 4.57 Å². The first-order chi connectivity index (χ1) is 18.9. The van der Waals surface area contributed by atoms with E-state index in [0.29, 0.717) is 28.7 Å². The second-order valence-electron chi connectivity index (χ2n) is 10.5. The summed E-state index contributed by atoms with van der Waals surface area (Å²) in [6.07, 6.45) is 18.0. The Labute approximate surface area is 236 Å². The van der Waals surface area contributed by atoms with Gasteiger partial charge in [-0.1, -0.05) is 114 Å². The molecule has 0 aliphatic carbocycles. The number of aromatic nitrogens is 4. The van der Waals surface area contributed by atoms with Crippen molar-refractivity contribution >= 4 is 34.4 Å². The van der Waals surface area contributed by atoms with E-state index in [4.69, 9.17) is 11.6 Å². The first-order valence-corrected chi connectivity index (χ1v) is 15.1. The first-order valence-electron chi connectivity index (χ1n) is 14.7. The number of unbranched alkanes of at least 4 members (excludes halogenated alkanes) is 13. The number of rotatable bonds is 18. The summed E-state index contributed by atoms with van der Waals surface area (Å²) in [5, 5.41) is 5.15. The predicted molar refractivity (Wildman–Crippen MR) is 163 cm³/mol. The molecule has 0 aliphatic heterocycles. The van der Waals surface area contributed by atoms with E-state index in [0.717, 1.165) is 24.1 Å². The van der Waals surface area contributed by atoms with Crippen LogP contribution in [-0.2, 0) is 13.6 Å². The van der Waals surface area contributed by atoms with Crippen molar-refractivity contribution in [2.24, 2.45) is 12.1 Å². The van der Waals surface area contributed by atoms with Crippen molar-refractivity contribution in [2.75, 3.05) is 5.43 Å². The molecule has 2 heterocycles. The van der Waals surface area contributed by atoms with E-state index in [1.807, 2.05) is 35.8 Å². The van der Waals surface area contributed by atoms with Gasteiger partial charge in [0.1, 0.15) is 0 Å². The van der Waals surface area contributed by atoms with Gasteiger partial charge in [0.2, 0.25) is 5.95 Å². The number of hydrazone groups is 1. The van der Waals surface area contributed by atoms with Gasteiger partial charge in [0.25, 0.3) is 5.56 Å². The molecule has 2 N–H and O–H groups in total. The van der Waals surface area contributed by atoms with Crippen LogP contribution in [0.2, 0.25) is 5.02 Å². The van der Waals surface area contributed by atoms with Gasteiger partial charge in [0.05, 0.1) is 5.71 Å². The maximum atomic E-state index is 12.7. The van der Waals surface area contributed by atoms with Crippen molar-refractivity contribution in [1.29, 1.82) is 0 Å². The molecule has 0 radical (unpaired) electrons. The minimum absolute atomic E-state index is 0.343. The summed E-state index contributed by atoms with van der Waals surface area (Å²) in [6, 6.07) is 7.43. The average Bonchev–Trinajstić information content (AvgIpc) is 3.30. The molecule has 3 aromatic rings. The lowest BCUT2D eigenvalue weighted by atomic mass is 10.0. The van der Waals surface area contributed by atoms with Crippen LogP contribution in [0.5, 0.6) is 0 Å². The van der Waals surface area contributed by atoms with E-state index in [1.54, 1.807) is 7.05 Å². The normalized spacial score (nSPS) is 11.9. The Kier molecular flexibility index (Phi) is 12.8. The van der Waals surface area contributed by atoms with Crippen molar-refractivity contribution in [2.45, 2.75) is 110 Å². The highest BCUT2D eigenvalue weighted by molar-refractivity contribution is 6.30. The second kappa shape index (κ2) is 16.3. The van der Waals surface area contributed by atoms with E-state index < -0.39 is 11.2 Å². The smallest absolute Gasteiger partial charge is 0.303 e. The molecule has 39 heavy (non-hydrogen) atoms. The van der Waals surface area contributed by atoms with Gasteiger partial charge in [0.15, 0.2) is 11.2 Å². The van der Waals surface area contributed by atoms with Gasteiger partial charge in [-0.15, -0.1) is 0 Å². The van der Waals surface area contributed by atoms with E-state index in [2.05, 4.69) is 27.4 Å². The number of aryl methyl sites for hydroxylation is 2. The van der Waals surface area contributed by atoms with E-state index in [9.17, 15) is 9.59 Å². The summed E-state index contributed by atoms with van der Waals surface area (Å²) >= 11 is 6.00. The second-order valence-corrected chi connectivity index (χ2v) is 10.9. The Morgan fingerprint density at radius 3 is 2.00 bits per heavy atom. The van der Waals surface area contributed by atoms with Crippen LogP contribution in [0.4, 0.5) is 5.95 Å². The molecule has 0 bridgehead atoms. The molecular formula is C30H45ClN6O2. The van der Waals surface area contributed by atoms with Crippen LogP contribution in [0, 0.1) is 0 Å². The van der Waals surface area contributed by atoms with Gasteiger partial charge in [0, 0.05) is 18.6 Å². The quantitative estimate of drug-likeness (QED) is 0.0969. The highest BCUT2D eigenvalue weighted by Crippen LogP contribution is 2.19. The summed E-state index contributed by atoms with van der Waals surface area (Å²) in [4.78, 5) is 31.8. The summed E-state index contributed by atoms with van der Waals surface area (Å²) in [5.41, 5.74) is 4.51. The number of imidazole rings is 1. The number of hydrogen-bond acceptors (Lipinski definition) is 5. The number of H-pyrrole nitrogens is 1. The zero-order valence-corrected chi connectivity index (χ0v) is 24.7. The van der Waals surface area contributed by atoms with Crippen LogP contribution in [0.25, 0.3) is 11.2 Å². The lowest BCUT2D eigenvalue weighted by molar-refractivity contribution is 0.526. The number of halogens is 1. The maximum absolute atomic E-state index is 12.7. The van der Waals surface area contributed by atoms with Crippen molar-refractivity contribution in [3.63, 3.8) is 0 Å². The molecule has 0 fully saturated rings. The van der Waals surface area contributed by atoms with E-state index in [1.165, 1.54) is 81.6 Å². The molecule has 8 nitrogen and oxygen atoms in total. The molecule has 2 aromatic heterocycles. The summed E-state index contributed by atoms with van der Waals surface area (Å²) < 4.78 is 3.20. The zero-order valence-electron chi connectivity index (χ0n) is 23.9. The Balaban J connectivity index is 1.52. The van der Waals surface area contributed by atoms with E-state index in [-0.39, 0.29) is 0 Å². The molecule has 9 heteroatoms. The van der Waals surface area contributed by atoms with Crippen LogP contribution < -0.4 is 16.7 Å². The molecule has 0 amide bonds. The van der Waals surface area contributed by atoms with Crippen molar-refractivity contribution in [3.8, 4) is 0 Å². The number of fused-ring (bicyclic) bond motifs is 1. The third-order valence-corrected chi connectivity index (χ3v) is 7.58. The Morgan fingerprint density at radius 2 is 1.44 bits per heavy atom. The van der Waals surface area contributed by atoms with Gasteiger partial charge >= 0.3 is 5.69 Å². The van der Waals surface area contributed by atoms with Crippen LogP contribution in [0.15, 0.2) is 39.0 Å². The Hall–Kier alpha value is -2.87. The minimum atomic E-state index is -0.485. The lowest BCUT2D eigenvalue weighted by Gasteiger charge is -2.09. The molecular weight excluding hydrogens is 512 g/mol. The number of nitrogens with zero attached hydrogens (tertiary/aromatic N) is 4. The van der Waals surface area contributed by atoms with Gasteiger partial charge in [-0.25, -0.2) is 10.2 Å². The standard InChI is InChI=1S/C30H45ClN6O2/c1-4-5-6-7-8-9-10-11-12-13-14-15-16-17-22-37-26-27(36(3)30(39)33-28(26)38)32-29(37)35-34-23(2)24-18-20-25(31)21-19-24/h18-21H,4-17,22H2,1-3H3,(H,32,35)(H,33,38,39). The average molecular weight is 557 g/mol. The van der Waals surface area contributed by atoms with Crippen LogP contribution in [0.3, 0.4) is 0 Å². The molecule has 214 valence electrons. The maximum Gasteiger partial charge on any atom is 0.329 e. The molecule has 0 aliphatic rings. The largest absolute Gasteiger partial charge is 0.329 e. The topological polar surface area (TPSA) is 97.1 Å². The fourth-order valence-corrected chi connectivity index (χ4v) is 5.02. The summed E-state index contributed by atoms with van der Waals surface area (Å²) in [5.74, 6) is 0.444. The summed E-state index contributed by atoms with van der Waals surface area (Å²) in [7, 11) is 1.61. The molecule has 1 aromatic carbocycles. The highest BCUT2D eigenvalue weighted by atomic mass is 35.5. The monoisotopic (exact) mass is 556 g/mol. The fourth-order valence-electron chi connectivity index (χ4n) is 4.89. The van der Waals surface area contributed by atoms with Crippen LogP contribution in [0.1, 0.15) is 109 Å². The number of hydrogen-bond donors (Lipinski definition) is 2. The summed E-state index contributed by atoms with van der Waals surface area (Å²) in [6.45, 7) is 4.77. The number of nitrogens with one attached hydrogen (secondary N) is 2. The van der Waals surface area contributed by atoms with E-state index >= 15 is 0 Å². The molecule has 0 atom stereocenters. The van der Waals surface area contributed by atoms with Gasteiger partial charge in [-0.3, -0.25) is 14.3 Å². The van der Waals surface area contributed by atoms with Gasteiger partial charge in [-0.2, -0.15) is 10.1 Å². The third kappa shape index (κ3) is 9.38. The van der Waals surface area contributed by atoms with Gasteiger partial charge in [-0.05, 0) is 31.0 Å². The Bertz CT molecular complexity index is 1310. The zero-order chi connectivity index (χ0) is 28.0. The number of anilines is 1. The van der Waals surface area contributed by atoms with Crippen LogP contribution >= 0.6 is 11.6 Å². The van der Waals surface area contributed by atoms with Crippen molar-refractivity contribution in [1.82, 2.24) is 19.1 Å². The number of benzene rings is 1. The SMILES string of the molecule is CCCCCCCCCCCCCCCCn1c(NN=C(C)c2ccc(Cl)cc2)nc2c1c(=O)[nH]c(=O)n2C. The highest BCUT2D eigenvalue weighted by Gasteiger charge is 2.17. The lowest BCUT2D eigenvalue weighted by Crippen LogP contribution is -2.29. The fraction of sp³-hybridized carbons (Fsp3) is 0.600. The third-order valence-electron chi connectivity index (χ3n) is 7.33. The number of aromatic amines is 1. The van der Waals surface area contributed by atoms with Crippen LogP contribution in [-0.4, -0.2) is 24.8 Å².